The van der Waals surface area contributed by atoms with Crippen molar-refractivity contribution in [1.82, 2.24) is 10.2 Å². The predicted octanol–water partition coefficient (Wildman–Crippen LogP) is 5.09. The highest BCUT2D eigenvalue weighted by Crippen LogP contribution is 2.33. The third-order valence-corrected chi connectivity index (χ3v) is 5.98. The number of anilines is 1. The molecule has 2 N–H and O–H groups in total. The van der Waals surface area contributed by atoms with Gasteiger partial charge in [0.2, 0.25) is 0 Å². The number of carbonyl (C=O) groups excluding carboxylic acids is 1. The molecule has 0 radical (unpaired) electrons. The van der Waals surface area contributed by atoms with Gasteiger partial charge in [-0.05, 0) is 42.0 Å². The highest BCUT2D eigenvalue weighted by atomic mass is 35.5. The largest absolute Gasteiger partial charge is 0.456 e. The van der Waals surface area contributed by atoms with E-state index in [2.05, 4.69) is 33.7 Å². The Hall–Kier alpha value is -3.72. The van der Waals surface area contributed by atoms with Gasteiger partial charge in [0, 0.05) is 61.4 Å². The number of non-ortho nitro benzene ring substituents is 1. The van der Waals surface area contributed by atoms with Crippen LogP contribution in [0, 0.1) is 10.1 Å². The fourth-order valence-electron chi connectivity index (χ4n) is 4.17. The summed E-state index contributed by atoms with van der Waals surface area (Å²) < 4.78 is 6.20. The van der Waals surface area contributed by atoms with Crippen molar-refractivity contribution < 1.29 is 14.1 Å². The zero-order chi connectivity index (χ0) is 23.5. The van der Waals surface area contributed by atoms with Crippen molar-refractivity contribution in [3.05, 3.63) is 94.0 Å². The van der Waals surface area contributed by atoms with E-state index in [0.29, 0.717) is 17.0 Å². The second kappa shape index (κ2) is 10.7. The van der Waals surface area contributed by atoms with E-state index in [0.717, 1.165) is 49.3 Å². The number of carbonyl (C=O) groups is 1. The van der Waals surface area contributed by atoms with Gasteiger partial charge in [-0.2, -0.15) is 0 Å². The molecule has 4 aromatic rings. The third kappa shape index (κ3) is 5.51. The van der Waals surface area contributed by atoms with Gasteiger partial charge in [-0.3, -0.25) is 19.8 Å². The second-order valence-electron chi connectivity index (χ2n) is 8.31. The van der Waals surface area contributed by atoms with Gasteiger partial charge in [-0.1, -0.05) is 24.3 Å². The lowest BCUT2D eigenvalue weighted by atomic mass is 10.1. The Morgan fingerprint density at radius 3 is 2.51 bits per heavy atom. The number of amides is 1. The van der Waals surface area contributed by atoms with Crippen LogP contribution in [-0.2, 0) is 6.54 Å². The van der Waals surface area contributed by atoms with Crippen molar-refractivity contribution in [2.24, 2.45) is 0 Å². The van der Waals surface area contributed by atoms with E-state index in [-0.39, 0.29) is 24.0 Å². The maximum absolute atomic E-state index is 12.8. The molecule has 3 aromatic carbocycles. The van der Waals surface area contributed by atoms with Crippen molar-refractivity contribution in [3.63, 3.8) is 0 Å². The predicted molar refractivity (Wildman–Crippen MR) is 138 cm³/mol. The van der Waals surface area contributed by atoms with Crippen LogP contribution in [0.1, 0.15) is 15.9 Å². The summed E-state index contributed by atoms with van der Waals surface area (Å²) in [5.74, 6) is 0.311. The van der Waals surface area contributed by atoms with Gasteiger partial charge in [0.05, 0.1) is 10.6 Å². The number of hydrogen-bond acceptors (Lipinski definition) is 6. The summed E-state index contributed by atoms with van der Waals surface area (Å²) in [6, 6.07) is 21.2. The number of hydrogen-bond donors (Lipinski definition) is 2. The van der Waals surface area contributed by atoms with E-state index in [1.165, 1.54) is 29.8 Å². The Bertz CT molecular complexity index is 1350. The highest BCUT2D eigenvalue weighted by Gasteiger charge is 2.16. The van der Waals surface area contributed by atoms with Crippen molar-refractivity contribution >= 4 is 40.7 Å². The van der Waals surface area contributed by atoms with E-state index in [9.17, 15) is 14.9 Å². The fourth-order valence-corrected chi connectivity index (χ4v) is 4.17. The lowest BCUT2D eigenvalue weighted by molar-refractivity contribution is -0.384. The van der Waals surface area contributed by atoms with Crippen molar-refractivity contribution in [3.8, 4) is 11.3 Å². The molecule has 0 atom stereocenters. The maximum Gasteiger partial charge on any atom is 0.269 e. The van der Waals surface area contributed by atoms with Crippen LogP contribution in [0.5, 0.6) is 0 Å². The zero-order valence-electron chi connectivity index (χ0n) is 18.9. The number of nitrogens with zero attached hydrogens (tertiary/aromatic N) is 2. The summed E-state index contributed by atoms with van der Waals surface area (Å²) in [4.78, 5) is 25.6. The molecule has 0 unspecified atom stereocenters. The van der Waals surface area contributed by atoms with E-state index in [4.69, 9.17) is 4.42 Å². The smallest absolute Gasteiger partial charge is 0.269 e. The summed E-state index contributed by atoms with van der Waals surface area (Å²) >= 11 is 0. The summed E-state index contributed by atoms with van der Waals surface area (Å²) in [7, 11) is 0. The van der Waals surface area contributed by atoms with Gasteiger partial charge in [0.1, 0.15) is 11.3 Å². The summed E-state index contributed by atoms with van der Waals surface area (Å²) in [5, 5.41) is 18.1. The van der Waals surface area contributed by atoms with Gasteiger partial charge in [0.25, 0.3) is 11.6 Å². The van der Waals surface area contributed by atoms with Crippen LogP contribution in [-0.4, -0.2) is 41.9 Å². The van der Waals surface area contributed by atoms with Crippen molar-refractivity contribution in [1.29, 1.82) is 0 Å². The summed E-state index contributed by atoms with van der Waals surface area (Å²) in [6.07, 6.45) is 0. The molecule has 1 saturated heterocycles. The lowest BCUT2D eigenvalue weighted by Crippen LogP contribution is -2.42. The number of fused-ring (bicyclic) bond motifs is 1. The molecule has 5 rings (SSSR count). The Morgan fingerprint density at radius 2 is 1.77 bits per heavy atom. The SMILES string of the molecule is Cl.O=C(Nc1ccccc1-c1cc2ccc(CN3CCNCC3)cc2o1)c1ccc([N+](=O)[O-])cc1. The normalized spacial score (nSPS) is 13.8. The molecule has 35 heavy (non-hydrogen) atoms. The second-order valence-corrected chi connectivity index (χ2v) is 8.31. The topological polar surface area (TPSA) is 101 Å². The number of nitrogens with one attached hydrogen (secondary N) is 2. The lowest BCUT2D eigenvalue weighted by Gasteiger charge is -2.27. The van der Waals surface area contributed by atoms with E-state index >= 15 is 0 Å². The minimum Gasteiger partial charge on any atom is -0.456 e. The molecule has 9 heteroatoms. The molecular formula is C26H25ClN4O4. The van der Waals surface area contributed by atoms with Crippen LogP contribution in [0.3, 0.4) is 0 Å². The highest BCUT2D eigenvalue weighted by molar-refractivity contribution is 6.06. The minimum absolute atomic E-state index is 0. The molecule has 1 amide bonds. The first-order valence-corrected chi connectivity index (χ1v) is 11.2. The first-order chi connectivity index (χ1) is 16.6. The van der Waals surface area contributed by atoms with Crippen molar-refractivity contribution in [2.45, 2.75) is 6.54 Å². The fraction of sp³-hybridized carbons (Fsp3) is 0.192. The van der Waals surface area contributed by atoms with E-state index in [1.807, 2.05) is 30.3 Å². The molecular weight excluding hydrogens is 468 g/mol. The maximum atomic E-state index is 12.8. The number of halogens is 1. The minimum atomic E-state index is -0.492. The van der Waals surface area contributed by atoms with E-state index in [1.54, 1.807) is 0 Å². The molecule has 8 nitrogen and oxygen atoms in total. The first-order valence-electron chi connectivity index (χ1n) is 11.2. The zero-order valence-corrected chi connectivity index (χ0v) is 19.7. The van der Waals surface area contributed by atoms with Crippen LogP contribution >= 0.6 is 12.4 Å². The Labute approximate surface area is 208 Å². The molecule has 1 aliphatic rings. The van der Waals surface area contributed by atoms with Crippen LogP contribution in [0.15, 0.2) is 77.2 Å². The molecule has 1 aromatic heterocycles. The molecule has 1 aliphatic heterocycles. The average Bonchev–Trinajstić information content (AvgIpc) is 3.28. The molecule has 0 aliphatic carbocycles. The van der Waals surface area contributed by atoms with Gasteiger partial charge in [0.15, 0.2) is 0 Å². The number of furan rings is 1. The van der Waals surface area contributed by atoms with Crippen LogP contribution in [0.4, 0.5) is 11.4 Å². The quantitative estimate of drug-likeness (QED) is 0.287. The molecule has 0 bridgehead atoms. The van der Waals surface area contributed by atoms with Crippen LogP contribution < -0.4 is 10.6 Å². The van der Waals surface area contributed by atoms with Crippen LogP contribution in [0.25, 0.3) is 22.3 Å². The Balaban J connectivity index is 0.00000289. The molecule has 2 heterocycles. The Morgan fingerprint density at radius 1 is 1.03 bits per heavy atom. The molecule has 0 saturated carbocycles. The number of para-hydroxylation sites is 1. The molecule has 0 spiro atoms. The van der Waals surface area contributed by atoms with Gasteiger partial charge < -0.3 is 15.1 Å². The summed E-state index contributed by atoms with van der Waals surface area (Å²) in [5.41, 5.74) is 3.65. The number of nitro groups is 1. The Kier molecular flexibility index (Phi) is 7.45. The van der Waals surface area contributed by atoms with Crippen molar-refractivity contribution in [2.75, 3.05) is 31.5 Å². The van der Waals surface area contributed by atoms with Gasteiger partial charge >= 0.3 is 0 Å². The van der Waals surface area contributed by atoms with Gasteiger partial charge in [-0.25, -0.2) is 0 Å². The standard InChI is InChI=1S/C26H24N4O4.ClH/c31-26(19-7-9-21(10-8-19)30(32)33)28-23-4-2-1-3-22(23)25-16-20-6-5-18(15-24(20)34-25)17-29-13-11-27-12-14-29;/h1-10,15-16,27H,11-14,17H2,(H,28,31);1H. The summed E-state index contributed by atoms with van der Waals surface area (Å²) in [6.45, 7) is 4.97. The number of piperazine rings is 1. The average molecular weight is 493 g/mol. The molecule has 1 fully saturated rings. The van der Waals surface area contributed by atoms with Gasteiger partial charge in [-0.15, -0.1) is 12.4 Å². The monoisotopic (exact) mass is 492 g/mol. The first kappa shape index (κ1) is 24.4. The number of nitro benzene ring substituents is 1. The molecule has 180 valence electrons. The number of benzene rings is 3. The van der Waals surface area contributed by atoms with E-state index < -0.39 is 4.92 Å². The van der Waals surface area contributed by atoms with Crippen LogP contribution in [0.2, 0.25) is 0 Å². The number of rotatable bonds is 6. The third-order valence-electron chi connectivity index (χ3n) is 5.98.